The third kappa shape index (κ3) is 59.1. The van der Waals surface area contributed by atoms with Crippen molar-refractivity contribution in [2.24, 2.45) is 0 Å². The van der Waals surface area contributed by atoms with E-state index < -0.39 is 0 Å². The lowest BCUT2D eigenvalue weighted by Crippen LogP contribution is -3.00. The number of rotatable bonds is 64. The van der Waals surface area contributed by atoms with E-state index in [0.29, 0.717) is 0 Å². The molecule has 0 spiro atoms. The maximum Gasteiger partial charge on any atom is 0.0786 e. The Morgan fingerprint density at radius 3 is 0.314 bits per heavy atom. The Balaban J connectivity index is 0. The summed E-state index contributed by atoms with van der Waals surface area (Å²) in [7, 11) is 0. The average molecular weight is 1010 g/mol. The van der Waals surface area contributed by atoms with Gasteiger partial charge in [0.2, 0.25) is 0 Å². The third-order valence-corrected chi connectivity index (χ3v) is 16.9. The van der Waals surface area contributed by atoms with Crippen LogP contribution in [0.4, 0.5) is 0 Å². The average Bonchev–Trinajstić information content (AvgIpc) is 3.36. The quantitative estimate of drug-likeness (QED) is 0.0421. The van der Waals surface area contributed by atoms with Crippen molar-refractivity contribution in [2.75, 3.05) is 26.2 Å². The van der Waals surface area contributed by atoms with Gasteiger partial charge in [0.05, 0.1) is 26.2 Å². The smallest absolute Gasteiger partial charge is 0.0786 e. The normalized spacial score (nSPS) is 11.8. The van der Waals surface area contributed by atoms with Crippen LogP contribution in [-0.2, 0) is 0 Å². The van der Waals surface area contributed by atoms with Gasteiger partial charge >= 0.3 is 0 Å². The highest BCUT2D eigenvalue weighted by molar-refractivity contribution is 4.58. The van der Waals surface area contributed by atoms with Gasteiger partial charge in [-0.1, -0.05) is 362 Å². The minimum absolute atomic E-state index is 0. The second kappa shape index (κ2) is 65.4. The first-order valence-corrected chi connectivity index (χ1v) is 34.1. The van der Waals surface area contributed by atoms with Crippen molar-refractivity contribution in [1.29, 1.82) is 0 Å². The molecule has 0 aromatic rings. The topological polar surface area (TPSA) is 0 Å². The van der Waals surface area contributed by atoms with Crippen LogP contribution in [0.15, 0.2) is 0 Å². The van der Waals surface area contributed by atoms with Gasteiger partial charge < -0.3 is 16.9 Å². The van der Waals surface area contributed by atoms with E-state index in [1.54, 1.807) is 0 Å². The highest BCUT2D eigenvalue weighted by Crippen LogP contribution is 2.23. The van der Waals surface area contributed by atoms with Crippen LogP contribution in [0.5, 0.6) is 0 Å². The minimum Gasteiger partial charge on any atom is -1.00 e. The molecular weight excluding hydrogens is 866 g/mol. The zero-order valence-corrected chi connectivity index (χ0v) is 50.8. The lowest BCUT2D eigenvalue weighted by atomic mass is 10.0. The molecule has 0 rings (SSSR count). The fourth-order valence-electron chi connectivity index (χ4n) is 11.9. The highest BCUT2D eigenvalue weighted by atomic mass is 35.5. The van der Waals surface area contributed by atoms with E-state index in [-0.39, 0.29) is 12.4 Å². The fraction of sp³-hybridized carbons (Fsp3) is 1.00. The van der Waals surface area contributed by atoms with Gasteiger partial charge in [-0.2, -0.15) is 0 Å². The largest absolute Gasteiger partial charge is 1.00 e. The van der Waals surface area contributed by atoms with Gasteiger partial charge in [0.25, 0.3) is 0 Å². The van der Waals surface area contributed by atoms with Gasteiger partial charge in [0, 0.05) is 0 Å². The molecule has 1 nitrogen and oxygen atoms in total. The number of hydrogen-bond donors (Lipinski definition) is 0. The molecule has 2 heteroatoms. The Morgan fingerprint density at radius 1 is 0.129 bits per heavy atom. The molecule has 0 fully saturated rings. The lowest BCUT2D eigenvalue weighted by Gasteiger charge is -2.40. The molecule has 70 heavy (non-hydrogen) atoms. The van der Waals surface area contributed by atoms with Crippen molar-refractivity contribution in [2.45, 2.75) is 413 Å². The molecule has 0 aliphatic carbocycles. The molecule has 0 aliphatic heterocycles. The monoisotopic (exact) mass is 1010 g/mol. The molecule has 0 saturated heterocycles. The van der Waals surface area contributed by atoms with Crippen molar-refractivity contribution >= 4 is 0 Å². The van der Waals surface area contributed by atoms with Crippen molar-refractivity contribution in [1.82, 2.24) is 0 Å². The number of unbranched alkanes of at least 4 members (excludes halogenated alkanes) is 56. The summed E-state index contributed by atoms with van der Waals surface area (Å²) in [6.07, 6.45) is 88.7. The van der Waals surface area contributed by atoms with Crippen LogP contribution in [0.25, 0.3) is 0 Å². The Morgan fingerprint density at radius 2 is 0.214 bits per heavy atom. The van der Waals surface area contributed by atoms with Crippen LogP contribution in [0, 0.1) is 0 Å². The molecule has 0 unspecified atom stereocenters. The SMILES string of the molecule is CCCCCCCCCCCCCCCCCC[N+](CCCCCCCCCCCCCCCC)(CCCCCCCCCCCCCCCC)CCCCCCCCCCCCCCCCCC.[Cl-]. The van der Waals surface area contributed by atoms with Gasteiger partial charge in [0.1, 0.15) is 0 Å². The summed E-state index contributed by atoms with van der Waals surface area (Å²) in [6.45, 7) is 15.3. The Hall–Kier alpha value is 0.250. The number of halogens is 1. The fourth-order valence-corrected chi connectivity index (χ4v) is 11.9. The van der Waals surface area contributed by atoms with Crippen LogP contribution in [0.2, 0.25) is 0 Å². The first-order chi connectivity index (χ1) is 34.2. The van der Waals surface area contributed by atoms with Crippen LogP contribution in [0.3, 0.4) is 0 Å². The van der Waals surface area contributed by atoms with E-state index in [1.165, 1.54) is 416 Å². The van der Waals surface area contributed by atoms with E-state index in [9.17, 15) is 0 Å². The van der Waals surface area contributed by atoms with E-state index in [1.807, 2.05) is 0 Å². The van der Waals surface area contributed by atoms with Crippen LogP contribution in [-0.4, -0.2) is 30.7 Å². The molecule has 0 N–H and O–H groups in total. The van der Waals surface area contributed by atoms with Gasteiger partial charge in [-0.05, 0) is 51.4 Å². The summed E-state index contributed by atoms with van der Waals surface area (Å²) in [5.41, 5.74) is 0. The van der Waals surface area contributed by atoms with Crippen molar-refractivity contribution in [3.05, 3.63) is 0 Å². The molecule has 0 atom stereocenters. The van der Waals surface area contributed by atoms with Gasteiger partial charge in [-0.15, -0.1) is 0 Å². The first kappa shape index (κ1) is 72.3. The van der Waals surface area contributed by atoms with Crippen molar-refractivity contribution < 1.29 is 16.9 Å². The minimum atomic E-state index is 0. The second-order valence-corrected chi connectivity index (χ2v) is 24.0. The highest BCUT2D eigenvalue weighted by Gasteiger charge is 2.26. The van der Waals surface area contributed by atoms with E-state index in [2.05, 4.69) is 27.7 Å². The van der Waals surface area contributed by atoms with Gasteiger partial charge in [0.15, 0.2) is 0 Å². The zero-order chi connectivity index (χ0) is 49.8. The maximum atomic E-state index is 2.34. The molecular formula is C68H140ClN. The van der Waals surface area contributed by atoms with E-state index in [4.69, 9.17) is 0 Å². The predicted octanol–water partition coefficient (Wildman–Crippen LogP) is 22.3. The second-order valence-electron chi connectivity index (χ2n) is 24.0. The summed E-state index contributed by atoms with van der Waals surface area (Å²) < 4.78 is 1.49. The third-order valence-electron chi connectivity index (χ3n) is 16.9. The first-order valence-electron chi connectivity index (χ1n) is 34.1. The zero-order valence-electron chi connectivity index (χ0n) is 50.1. The molecule has 0 heterocycles. The van der Waals surface area contributed by atoms with Crippen LogP contribution >= 0.6 is 0 Å². The predicted molar refractivity (Wildman–Crippen MR) is 319 cm³/mol. The molecule has 0 radical (unpaired) electrons. The maximum absolute atomic E-state index is 2.34. The molecule has 0 aliphatic rings. The summed E-state index contributed by atoms with van der Waals surface area (Å²) >= 11 is 0. The summed E-state index contributed by atoms with van der Waals surface area (Å²) in [5, 5.41) is 0. The van der Waals surface area contributed by atoms with Crippen molar-refractivity contribution in [3.8, 4) is 0 Å². The van der Waals surface area contributed by atoms with Crippen LogP contribution < -0.4 is 12.4 Å². The Bertz CT molecular complexity index is 801. The van der Waals surface area contributed by atoms with E-state index >= 15 is 0 Å². The van der Waals surface area contributed by atoms with Gasteiger partial charge in [-0.25, -0.2) is 0 Å². The Kier molecular flexibility index (Phi) is 67.5. The molecule has 0 saturated carbocycles. The molecule has 0 aromatic carbocycles. The molecule has 0 aromatic heterocycles. The molecule has 0 bridgehead atoms. The van der Waals surface area contributed by atoms with E-state index in [0.717, 1.165) is 0 Å². The van der Waals surface area contributed by atoms with Crippen molar-refractivity contribution in [3.63, 3.8) is 0 Å². The number of nitrogens with zero attached hydrogens (tertiary/aromatic N) is 1. The molecule has 0 amide bonds. The standard InChI is InChI=1S/C68H140N.ClH/c1-5-9-13-17-21-25-29-33-37-39-43-47-51-55-59-63-67-69(65-61-57-53-49-45-41-35-31-27-23-19-15-11-7-3,66-62-58-54-50-46-42-36-32-28-24-20-16-12-8-4)68-64-60-56-52-48-44-40-38-34-30-26-22-18-14-10-6-2;/h5-68H2,1-4H3;1H/q+1;/p-1. The van der Waals surface area contributed by atoms with Gasteiger partial charge in [-0.3, -0.25) is 0 Å². The molecule has 424 valence electrons. The number of hydrogen-bond acceptors (Lipinski definition) is 0. The lowest BCUT2D eigenvalue weighted by molar-refractivity contribution is -0.929. The summed E-state index contributed by atoms with van der Waals surface area (Å²) in [6, 6.07) is 0. The number of quaternary nitrogens is 1. The summed E-state index contributed by atoms with van der Waals surface area (Å²) in [5.74, 6) is 0. The Labute approximate surface area is 453 Å². The summed E-state index contributed by atoms with van der Waals surface area (Å²) in [4.78, 5) is 0. The van der Waals surface area contributed by atoms with Crippen LogP contribution in [0.1, 0.15) is 413 Å².